The minimum Gasteiger partial charge on any atom is -0.342 e. The zero-order valence-electron chi connectivity index (χ0n) is 13.9. The lowest BCUT2D eigenvalue weighted by atomic mass is 9.77. The van der Waals surface area contributed by atoms with Gasteiger partial charge in [0, 0.05) is 32.1 Å². The Kier molecular flexibility index (Phi) is 4.13. The molecule has 0 spiro atoms. The van der Waals surface area contributed by atoms with Crippen LogP contribution in [0, 0.1) is 17.8 Å². The first kappa shape index (κ1) is 15.4. The van der Waals surface area contributed by atoms with E-state index in [1.807, 2.05) is 28.0 Å². The summed E-state index contributed by atoms with van der Waals surface area (Å²) < 4.78 is 0. The Morgan fingerprint density at radius 2 is 1.88 bits per heavy atom. The molecule has 2 heterocycles. The van der Waals surface area contributed by atoms with Crippen molar-refractivity contribution in [1.29, 1.82) is 0 Å². The van der Waals surface area contributed by atoms with Crippen molar-refractivity contribution in [3.05, 3.63) is 48.0 Å². The van der Waals surface area contributed by atoms with Crippen LogP contribution >= 0.6 is 0 Å². The number of allylic oxidation sites excluding steroid dienone is 1. The predicted molar refractivity (Wildman–Crippen MR) is 91.9 cm³/mol. The molecule has 4 heteroatoms. The second kappa shape index (κ2) is 6.42. The van der Waals surface area contributed by atoms with Crippen LogP contribution in [0.4, 0.5) is 0 Å². The summed E-state index contributed by atoms with van der Waals surface area (Å²) in [4.78, 5) is 29.8. The van der Waals surface area contributed by atoms with Crippen molar-refractivity contribution in [1.82, 2.24) is 9.80 Å². The van der Waals surface area contributed by atoms with Gasteiger partial charge in [-0.1, -0.05) is 42.5 Å². The lowest BCUT2D eigenvalue weighted by molar-refractivity contribution is -0.143. The van der Waals surface area contributed by atoms with E-state index in [1.165, 1.54) is 0 Å². The van der Waals surface area contributed by atoms with Gasteiger partial charge in [-0.25, -0.2) is 0 Å². The van der Waals surface area contributed by atoms with Crippen LogP contribution in [0.15, 0.2) is 42.5 Å². The van der Waals surface area contributed by atoms with Crippen molar-refractivity contribution in [2.75, 3.05) is 19.6 Å². The summed E-state index contributed by atoms with van der Waals surface area (Å²) in [6.45, 7) is 3.10. The summed E-state index contributed by atoms with van der Waals surface area (Å²) in [5.41, 5.74) is 1.15. The van der Waals surface area contributed by atoms with Crippen LogP contribution in [0.5, 0.6) is 0 Å². The summed E-state index contributed by atoms with van der Waals surface area (Å²) in [5, 5.41) is 0. The molecule has 2 amide bonds. The second-order valence-electron chi connectivity index (χ2n) is 7.20. The molecular weight excluding hydrogens is 300 g/mol. The van der Waals surface area contributed by atoms with E-state index in [-0.39, 0.29) is 29.6 Å². The largest absolute Gasteiger partial charge is 0.342 e. The Balaban J connectivity index is 1.51. The Hall–Kier alpha value is -2.10. The number of hydrogen-bond acceptors (Lipinski definition) is 2. The molecule has 2 fully saturated rings. The Morgan fingerprint density at radius 1 is 1.12 bits per heavy atom. The molecule has 4 nitrogen and oxygen atoms in total. The molecule has 0 saturated carbocycles. The Bertz CT molecular complexity index is 649. The van der Waals surface area contributed by atoms with E-state index in [0.29, 0.717) is 13.0 Å². The molecule has 1 aromatic rings. The van der Waals surface area contributed by atoms with Crippen LogP contribution in [0.2, 0.25) is 0 Å². The van der Waals surface area contributed by atoms with E-state index < -0.39 is 0 Å². The highest BCUT2D eigenvalue weighted by atomic mass is 16.2. The summed E-state index contributed by atoms with van der Waals surface area (Å²) >= 11 is 0. The fourth-order valence-corrected chi connectivity index (χ4v) is 4.42. The minimum atomic E-state index is -0.161. The normalized spacial score (nSPS) is 29.2. The third-order valence-corrected chi connectivity index (χ3v) is 5.65. The van der Waals surface area contributed by atoms with Crippen LogP contribution in [0.3, 0.4) is 0 Å². The molecule has 0 bridgehead atoms. The van der Waals surface area contributed by atoms with E-state index >= 15 is 0 Å². The molecule has 1 aromatic carbocycles. The van der Waals surface area contributed by atoms with E-state index in [2.05, 4.69) is 24.3 Å². The molecule has 0 unspecified atom stereocenters. The first-order valence-electron chi connectivity index (χ1n) is 9.02. The average molecular weight is 324 g/mol. The van der Waals surface area contributed by atoms with Crippen molar-refractivity contribution in [2.45, 2.75) is 25.8 Å². The quantitative estimate of drug-likeness (QED) is 0.802. The summed E-state index contributed by atoms with van der Waals surface area (Å²) in [6, 6.07) is 10.1. The van der Waals surface area contributed by atoms with Crippen molar-refractivity contribution in [2.24, 2.45) is 17.8 Å². The number of benzene rings is 1. The maximum absolute atomic E-state index is 13.0. The fraction of sp³-hybridized carbons (Fsp3) is 0.500. The average Bonchev–Trinajstić information content (AvgIpc) is 3.24. The van der Waals surface area contributed by atoms with Gasteiger partial charge in [0.15, 0.2) is 0 Å². The van der Waals surface area contributed by atoms with Crippen LogP contribution in [0.1, 0.15) is 24.8 Å². The topological polar surface area (TPSA) is 40.6 Å². The smallest absolute Gasteiger partial charge is 0.227 e. The number of carbonyl (C=O) groups excluding carboxylic acids is 2. The van der Waals surface area contributed by atoms with Crippen molar-refractivity contribution in [3.63, 3.8) is 0 Å². The van der Waals surface area contributed by atoms with Crippen LogP contribution in [0.25, 0.3) is 0 Å². The summed E-state index contributed by atoms with van der Waals surface area (Å²) in [5.74, 6) is 0.220. The van der Waals surface area contributed by atoms with Crippen LogP contribution in [-0.4, -0.2) is 41.2 Å². The number of carbonyl (C=O) groups is 2. The first-order valence-corrected chi connectivity index (χ1v) is 9.02. The van der Waals surface area contributed by atoms with E-state index in [1.54, 1.807) is 0 Å². The van der Waals surface area contributed by atoms with Crippen molar-refractivity contribution < 1.29 is 9.59 Å². The molecule has 0 N–H and O–H groups in total. The van der Waals surface area contributed by atoms with E-state index in [9.17, 15) is 9.59 Å². The molecule has 24 heavy (non-hydrogen) atoms. The maximum Gasteiger partial charge on any atom is 0.227 e. The van der Waals surface area contributed by atoms with Gasteiger partial charge in [0.05, 0.1) is 11.8 Å². The van der Waals surface area contributed by atoms with Gasteiger partial charge in [0.1, 0.15) is 0 Å². The summed E-state index contributed by atoms with van der Waals surface area (Å²) in [7, 11) is 0. The molecule has 1 aliphatic carbocycles. The highest BCUT2D eigenvalue weighted by molar-refractivity contribution is 5.90. The third kappa shape index (κ3) is 2.74. The van der Waals surface area contributed by atoms with Crippen LogP contribution in [-0.2, 0) is 16.1 Å². The van der Waals surface area contributed by atoms with E-state index in [4.69, 9.17) is 0 Å². The number of likely N-dealkylation sites (tertiary alicyclic amines) is 2. The van der Waals surface area contributed by atoms with Gasteiger partial charge in [-0.3, -0.25) is 9.59 Å². The molecule has 2 saturated heterocycles. The first-order chi connectivity index (χ1) is 11.7. The number of nitrogens with zero attached hydrogens (tertiary/aromatic N) is 2. The molecule has 3 atom stereocenters. The Morgan fingerprint density at radius 3 is 2.62 bits per heavy atom. The molecule has 2 aliphatic heterocycles. The molecule has 0 aromatic heterocycles. The van der Waals surface area contributed by atoms with Gasteiger partial charge in [0.2, 0.25) is 11.8 Å². The molecule has 126 valence electrons. The number of hydrogen-bond donors (Lipinski definition) is 0. The van der Waals surface area contributed by atoms with Gasteiger partial charge >= 0.3 is 0 Å². The molecule has 0 radical (unpaired) electrons. The third-order valence-electron chi connectivity index (χ3n) is 5.65. The fourth-order valence-electron chi connectivity index (χ4n) is 4.42. The highest BCUT2D eigenvalue weighted by Crippen LogP contribution is 2.39. The second-order valence-corrected chi connectivity index (χ2v) is 7.20. The van der Waals surface area contributed by atoms with Crippen molar-refractivity contribution >= 4 is 11.8 Å². The van der Waals surface area contributed by atoms with Crippen molar-refractivity contribution in [3.8, 4) is 0 Å². The maximum atomic E-state index is 13.0. The zero-order chi connectivity index (χ0) is 16.5. The van der Waals surface area contributed by atoms with E-state index in [0.717, 1.165) is 38.0 Å². The predicted octanol–water partition coefficient (Wildman–Crippen LogP) is 2.46. The molecule has 3 aliphatic rings. The van der Waals surface area contributed by atoms with Crippen LogP contribution < -0.4 is 0 Å². The minimum absolute atomic E-state index is 0.158. The standard InChI is InChI=1S/C20H24N2O2/c23-19(21-11-4-5-12-21)17-10-6-9-16-14-22(20(24)18(16)17)13-15-7-2-1-3-8-15/h1-3,6-9,16-18H,4-5,10-14H2/t16-,17+,18-/m0/s1. The monoisotopic (exact) mass is 324 g/mol. The summed E-state index contributed by atoms with van der Waals surface area (Å²) in [6.07, 6.45) is 7.16. The van der Waals surface area contributed by atoms with Gasteiger partial charge in [-0.05, 0) is 24.8 Å². The van der Waals surface area contributed by atoms with Gasteiger partial charge in [0.25, 0.3) is 0 Å². The lowest BCUT2D eigenvalue weighted by Crippen LogP contribution is -2.42. The molecule has 4 rings (SSSR count). The van der Waals surface area contributed by atoms with Gasteiger partial charge in [-0.2, -0.15) is 0 Å². The lowest BCUT2D eigenvalue weighted by Gasteiger charge is -2.30. The van der Waals surface area contributed by atoms with Gasteiger partial charge in [-0.15, -0.1) is 0 Å². The SMILES string of the molecule is O=C1[C@H]2[C@@H](C=CC[C@H]2C(=O)N2CCCC2)CN1Cc1ccccc1. The van der Waals surface area contributed by atoms with Gasteiger partial charge < -0.3 is 9.80 Å². The zero-order valence-corrected chi connectivity index (χ0v) is 13.9. The Labute approximate surface area is 143 Å². The number of fused-ring (bicyclic) bond motifs is 1. The molecular formula is C20H24N2O2. The number of rotatable bonds is 3. The highest BCUT2D eigenvalue weighted by Gasteiger charge is 2.48. The number of amides is 2.